The van der Waals surface area contributed by atoms with E-state index < -0.39 is 0 Å². The minimum absolute atomic E-state index is 0.176. The first-order chi connectivity index (χ1) is 9.58. The highest BCUT2D eigenvalue weighted by atomic mass is 19.1. The van der Waals surface area contributed by atoms with E-state index in [1.165, 1.54) is 18.9 Å². The van der Waals surface area contributed by atoms with Crippen molar-refractivity contribution in [3.8, 4) is 0 Å². The van der Waals surface area contributed by atoms with Gasteiger partial charge in [-0.2, -0.15) is 0 Å². The normalized spacial score (nSPS) is 11.6. The Hall–Kier alpha value is -1.09. The lowest BCUT2D eigenvalue weighted by molar-refractivity contribution is 0.172. The first-order valence-electron chi connectivity index (χ1n) is 7.80. The van der Waals surface area contributed by atoms with Gasteiger partial charge in [-0.3, -0.25) is 4.90 Å². The maximum Gasteiger partial charge on any atom is 0.146 e. The van der Waals surface area contributed by atoms with E-state index in [1.807, 2.05) is 6.07 Å². The first kappa shape index (κ1) is 17.0. The Kier molecular flexibility index (Phi) is 7.60. The highest BCUT2D eigenvalue weighted by Crippen LogP contribution is 2.14. The lowest BCUT2D eigenvalue weighted by atomic mass is 10.1. The van der Waals surface area contributed by atoms with Gasteiger partial charge in [0.15, 0.2) is 0 Å². The molecule has 0 aliphatic rings. The summed E-state index contributed by atoms with van der Waals surface area (Å²) in [6.45, 7) is 11.8. The Labute approximate surface area is 123 Å². The summed E-state index contributed by atoms with van der Waals surface area (Å²) < 4.78 is 13.5. The van der Waals surface area contributed by atoms with E-state index in [9.17, 15) is 4.39 Å². The molecule has 0 spiro atoms. The average Bonchev–Trinajstić information content (AvgIpc) is 2.41. The fraction of sp³-hybridized carbons (Fsp3) is 0.647. The molecule has 0 fully saturated rings. The van der Waals surface area contributed by atoms with Crippen molar-refractivity contribution in [2.75, 3.05) is 25.0 Å². The molecule has 0 aliphatic carbocycles. The average molecular weight is 280 g/mol. The maximum atomic E-state index is 13.5. The van der Waals surface area contributed by atoms with Crippen molar-refractivity contribution in [2.45, 2.75) is 46.6 Å². The number of benzene rings is 1. The van der Waals surface area contributed by atoms with Crippen molar-refractivity contribution in [2.24, 2.45) is 5.92 Å². The van der Waals surface area contributed by atoms with Gasteiger partial charge in [-0.05, 0) is 30.9 Å². The lowest BCUT2D eigenvalue weighted by Gasteiger charge is -2.32. The predicted molar refractivity (Wildman–Crippen MR) is 85.7 cm³/mol. The fourth-order valence-electron chi connectivity index (χ4n) is 2.64. The molecule has 0 saturated heterocycles. The van der Waals surface area contributed by atoms with Crippen LogP contribution in [0.15, 0.2) is 24.3 Å². The first-order valence-corrected chi connectivity index (χ1v) is 7.80. The van der Waals surface area contributed by atoms with E-state index in [1.54, 1.807) is 12.1 Å². The van der Waals surface area contributed by atoms with Crippen molar-refractivity contribution in [1.82, 2.24) is 4.90 Å². The van der Waals surface area contributed by atoms with E-state index >= 15 is 0 Å². The Morgan fingerprint density at radius 3 is 2.35 bits per heavy atom. The molecular formula is C17H29FN2. The number of halogens is 1. The predicted octanol–water partition coefficient (Wildman–Crippen LogP) is 4.38. The third kappa shape index (κ3) is 5.49. The molecule has 0 aromatic heterocycles. The Bertz CT molecular complexity index is 375. The van der Waals surface area contributed by atoms with Gasteiger partial charge in [0, 0.05) is 25.7 Å². The minimum Gasteiger partial charge on any atom is -0.381 e. The molecule has 0 saturated carbocycles. The summed E-state index contributed by atoms with van der Waals surface area (Å²) in [5.74, 6) is 0.481. The number of nitrogens with zero attached hydrogens (tertiary/aromatic N) is 1. The zero-order chi connectivity index (χ0) is 15.0. The number of para-hydroxylation sites is 1. The van der Waals surface area contributed by atoms with Gasteiger partial charge in [0.2, 0.25) is 0 Å². The number of nitrogens with one attached hydrogen (secondary N) is 1. The summed E-state index contributed by atoms with van der Waals surface area (Å²) in [4.78, 5) is 2.53. The summed E-state index contributed by atoms with van der Waals surface area (Å²) in [5, 5.41) is 3.20. The molecule has 1 rings (SSSR count). The van der Waals surface area contributed by atoms with Gasteiger partial charge in [-0.15, -0.1) is 0 Å². The van der Waals surface area contributed by atoms with Crippen LogP contribution in [0, 0.1) is 11.7 Å². The molecule has 114 valence electrons. The zero-order valence-electron chi connectivity index (χ0n) is 13.3. The molecule has 1 aromatic rings. The van der Waals surface area contributed by atoms with Gasteiger partial charge in [0.05, 0.1) is 5.69 Å². The molecule has 20 heavy (non-hydrogen) atoms. The molecule has 0 atom stereocenters. The third-order valence-electron chi connectivity index (χ3n) is 3.65. The summed E-state index contributed by atoms with van der Waals surface area (Å²) in [6.07, 6.45) is 2.34. The molecule has 3 heteroatoms. The number of hydrogen-bond acceptors (Lipinski definition) is 2. The smallest absolute Gasteiger partial charge is 0.146 e. The van der Waals surface area contributed by atoms with E-state index in [2.05, 4.69) is 37.9 Å². The number of anilines is 1. The summed E-state index contributed by atoms with van der Waals surface area (Å²) in [6, 6.07) is 7.49. The van der Waals surface area contributed by atoms with Crippen molar-refractivity contribution in [1.29, 1.82) is 0 Å². The van der Waals surface area contributed by atoms with Crippen molar-refractivity contribution >= 4 is 5.69 Å². The van der Waals surface area contributed by atoms with E-state index in [4.69, 9.17) is 0 Å². The second-order valence-electron chi connectivity index (χ2n) is 5.77. The van der Waals surface area contributed by atoms with Crippen LogP contribution < -0.4 is 5.32 Å². The van der Waals surface area contributed by atoms with Crippen LogP contribution in [0.4, 0.5) is 10.1 Å². The SMILES string of the molecule is CCC(CC)N(CCNc1ccccc1F)CC(C)C. The van der Waals surface area contributed by atoms with Crippen LogP contribution in [0.5, 0.6) is 0 Å². The number of hydrogen-bond donors (Lipinski definition) is 1. The highest BCUT2D eigenvalue weighted by molar-refractivity contribution is 5.44. The Morgan fingerprint density at radius 2 is 1.80 bits per heavy atom. The standard InChI is InChI=1S/C17H29FN2/c1-5-15(6-2)20(13-14(3)4)12-11-19-17-10-8-7-9-16(17)18/h7-10,14-15,19H,5-6,11-13H2,1-4H3. The minimum atomic E-state index is -0.176. The quantitative estimate of drug-likeness (QED) is 0.722. The molecule has 2 nitrogen and oxygen atoms in total. The lowest BCUT2D eigenvalue weighted by Crippen LogP contribution is -2.40. The van der Waals surface area contributed by atoms with Crippen molar-refractivity contribution in [3.05, 3.63) is 30.1 Å². The summed E-state index contributed by atoms with van der Waals surface area (Å²) in [7, 11) is 0. The molecule has 0 radical (unpaired) electrons. The fourth-order valence-corrected chi connectivity index (χ4v) is 2.64. The Morgan fingerprint density at radius 1 is 1.15 bits per heavy atom. The van der Waals surface area contributed by atoms with Gasteiger partial charge < -0.3 is 5.32 Å². The topological polar surface area (TPSA) is 15.3 Å². The maximum absolute atomic E-state index is 13.5. The largest absolute Gasteiger partial charge is 0.381 e. The van der Waals surface area contributed by atoms with Crippen LogP contribution in [0.2, 0.25) is 0 Å². The van der Waals surface area contributed by atoms with Crippen LogP contribution in [0.1, 0.15) is 40.5 Å². The third-order valence-corrected chi connectivity index (χ3v) is 3.65. The molecule has 0 bridgehead atoms. The van der Waals surface area contributed by atoms with Crippen molar-refractivity contribution < 1.29 is 4.39 Å². The van der Waals surface area contributed by atoms with E-state index in [0.717, 1.165) is 19.6 Å². The highest BCUT2D eigenvalue weighted by Gasteiger charge is 2.15. The molecular weight excluding hydrogens is 251 g/mol. The second kappa shape index (κ2) is 8.96. The van der Waals surface area contributed by atoms with Crippen LogP contribution in [-0.2, 0) is 0 Å². The van der Waals surface area contributed by atoms with E-state index in [-0.39, 0.29) is 5.82 Å². The molecule has 1 aromatic carbocycles. The molecule has 0 unspecified atom stereocenters. The molecule has 1 N–H and O–H groups in total. The van der Waals surface area contributed by atoms with Crippen LogP contribution in [-0.4, -0.2) is 30.6 Å². The van der Waals surface area contributed by atoms with Crippen LogP contribution >= 0.6 is 0 Å². The number of rotatable bonds is 9. The van der Waals surface area contributed by atoms with Gasteiger partial charge >= 0.3 is 0 Å². The molecule has 0 amide bonds. The van der Waals surface area contributed by atoms with Crippen molar-refractivity contribution in [3.63, 3.8) is 0 Å². The molecule has 0 heterocycles. The summed E-state index contributed by atoms with van der Waals surface area (Å²) >= 11 is 0. The monoisotopic (exact) mass is 280 g/mol. The van der Waals surface area contributed by atoms with Crippen LogP contribution in [0.25, 0.3) is 0 Å². The Balaban J connectivity index is 2.51. The van der Waals surface area contributed by atoms with Gasteiger partial charge in [0.1, 0.15) is 5.82 Å². The van der Waals surface area contributed by atoms with Gasteiger partial charge in [-0.25, -0.2) is 4.39 Å². The molecule has 0 aliphatic heterocycles. The summed E-state index contributed by atoms with van der Waals surface area (Å²) in [5.41, 5.74) is 0.599. The second-order valence-corrected chi connectivity index (χ2v) is 5.77. The zero-order valence-corrected chi connectivity index (χ0v) is 13.3. The van der Waals surface area contributed by atoms with Gasteiger partial charge in [-0.1, -0.05) is 39.8 Å². The van der Waals surface area contributed by atoms with Crippen LogP contribution in [0.3, 0.4) is 0 Å². The van der Waals surface area contributed by atoms with Gasteiger partial charge in [0.25, 0.3) is 0 Å². The van der Waals surface area contributed by atoms with E-state index in [0.29, 0.717) is 17.6 Å².